The van der Waals surface area contributed by atoms with Crippen molar-refractivity contribution in [2.24, 2.45) is 0 Å². The minimum absolute atomic E-state index is 0.712. The second-order valence-electron chi connectivity index (χ2n) is 5.23. The van der Waals surface area contributed by atoms with Crippen LogP contribution in [0.2, 0.25) is 0 Å². The zero-order chi connectivity index (χ0) is 13.9. The molecule has 0 spiro atoms. The van der Waals surface area contributed by atoms with Crippen molar-refractivity contribution in [2.45, 2.75) is 32.0 Å². The lowest BCUT2D eigenvalue weighted by molar-refractivity contribution is 0.682. The Morgan fingerprint density at radius 3 is 3.05 bits per heavy atom. The van der Waals surface area contributed by atoms with Crippen LogP contribution in [0.3, 0.4) is 0 Å². The summed E-state index contributed by atoms with van der Waals surface area (Å²) in [6, 6.07) is 7.15. The van der Waals surface area contributed by atoms with Crippen LogP contribution in [0.15, 0.2) is 34.2 Å². The van der Waals surface area contributed by atoms with Crippen molar-refractivity contribution in [2.75, 3.05) is 11.9 Å². The zero-order valence-corrected chi connectivity index (χ0v) is 13.9. The molecule has 106 valence electrons. The highest BCUT2D eigenvalue weighted by Crippen LogP contribution is 2.25. The number of halogens is 1. The van der Waals surface area contributed by atoms with Crippen LogP contribution >= 0.6 is 27.3 Å². The molecule has 1 aliphatic carbocycles. The molecule has 0 aromatic carbocycles. The number of thiophene rings is 1. The molecule has 0 unspecified atom stereocenters. The largest absolute Gasteiger partial charge is 0.354 e. The molecule has 0 bridgehead atoms. The summed E-state index contributed by atoms with van der Waals surface area (Å²) in [6.07, 6.45) is 4.49. The minimum Gasteiger partial charge on any atom is -0.354 e. The Balaban J connectivity index is 1.75. The summed E-state index contributed by atoms with van der Waals surface area (Å²) in [7, 11) is 2.11. The number of pyridine rings is 1. The van der Waals surface area contributed by atoms with E-state index >= 15 is 0 Å². The highest BCUT2D eigenvalue weighted by Gasteiger charge is 2.21. The number of nitrogens with one attached hydrogen (secondary N) is 1. The monoisotopic (exact) mass is 351 g/mol. The SMILES string of the molecule is CN(Cc1cccs1)c1ncc(Br)cc1CNC1CC1. The molecule has 1 N–H and O–H groups in total. The summed E-state index contributed by atoms with van der Waals surface area (Å²) in [5, 5.41) is 5.69. The van der Waals surface area contributed by atoms with Crippen LogP contribution < -0.4 is 10.2 Å². The van der Waals surface area contributed by atoms with Crippen LogP contribution in [0.1, 0.15) is 23.3 Å². The number of nitrogens with zero attached hydrogens (tertiary/aromatic N) is 2. The van der Waals surface area contributed by atoms with Gasteiger partial charge >= 0.3 is 0 Å². The van der Waals surface area contributed by atoms with E-state index in [4.69, 9.17) is 0 Å². The van der Waals surface area contributed by atoms with Crippen LogP contribution in [0.4, 0.5) is 5.82 Å². The van der Waals surface area contributed by atoms with E-state index in [-0.39, 0.29) is 0 Å². The Morgan fingerprint density at radius 1 is 1.50 bits per heavy atom. The average Bonchev–Trinajstić information content (AvgIpc) is 3.13. The van der Waals surface area contributed by atoms with Crippen LogP contribution in [0.5, 0.6) is 0 Å². The van der Waals surface area contributed by atoms with Crippen molar-refractivity contribution >= 4 is 33.1 Å². The molecule has 0 radical (unpaired) electrons. The number of hydrogen-bond acceptors (Lipinski definition) is 4. The zero-order valence-electron chi connectivity index (χ0n) is 11.5. The van der Waals surface area contributed by atoms with E-state index in [1.807, 2.05) is 6.20 Å². The molecule has 2 heterocycles. The van der Waals surface area contributed by atoms with Gasteiger partial charge in [0, 0.05) is 40.7 Å². The Bertz CT molecular complexity index is 567. The highest BCUT2D eigenvalue weighted by molar-refractivity contribution is 9.10. The second kappa shape index (κ2) is 6.24. The molecule has 20 heavy (non-hydrogen) atoms. The maximum absolute atomic E-state index is 4.60. The van der Waals surface area contributed by atoms with Gasteiger partial charge in [-0.25, -0.2) is 4.98 Å². The van der Waals surface area contributed by atoms with Crippen molar-refractivity contribution in [1.82, 2.24) is 10.3 Å². The first-order valence-corrected chi connectivity index (χ1v) is 8.51. The smallest absolute Gasteiger partial charge is 0.133 e. The standard InChI is InChI=1S/C15H18BrN3S/c1-19(10-14-3-2-6-20-14)15-11(7-12(16)9-18-15)8-17-13-4-5-13/h2-3,6-7,9,13,17H,4-5,8,10H2,1H3. The Kier molecular flexibility index (Phi) is 4.38. The normalized spacial score (nSPS) is 14.5. The van der Waals surface area contributed by atoms with Crippen LogP contribution in [0.25, 0.3) is 0 Å². The first-order valence-electron chi connectivity index (χ1n) is 6.83. The first kappa shape index (κ1) is 14.0. The Morgan fingerprint density at radius 2 is 2.35 bits per heavy atom. The third kappa shape index (κ3) is 3.59. The fourth-order valence-corrected chi connectivity index (χ4v) is 3.34. The Hall–Kier alpha value is -0.910. The maximum Gasteiger partial charge on any atom is 0.133 e. The molecule has 5 heteroatoms. The molecule has 3 rings (SSSR count). The van der Waals surface area contributed by atoms with Gasteiger partial charge in [0.05, 0.1) is 6.54 Å². The summed E-state index contributed by atoms with van der Waals surface area (Å²) in [4.78, 5) is 8.18. The molecule has 0 saturated heterocycles. The van der Waals surface area contributed by atoms with E-state index in [1.54, 1.807) is 11.3 Å². The molecule has 0 amide bonds. The van der Waals surface area contributed by atoms with Gasteiger partial charge in [-0.2, -0.15) is 0 Å². The van der Waals surface area contributed by atoms with Gasteiger partial charge in [-0.15, -0.1) is 11.3 Å². The number of aromatic nitrogens is 1. The quantitative estimate of drug-likeness (QED) is 0.857. The van der Waals surface area contributed by atoms with Gasteiger partial charge in [-0.1, -0.05) is 6.07 Å². The molecule has 1 saturated carbocycles. The van der Waals surface area contributed by atoms with Gasteiger partial charge in [-0.05, 0) is 46.3 Å². The fraction of sp³-hybridized carbons (Fsp3) is 0.400. The number of hydrogen-bond donors (Lipinski definition) is 1. The first-order chi connectivity index (χ1) is 9.72. The van der Waals surface area contributed by atoms with E-state index in [9.17, 15) is 0 Å². The molecule has 0 aliphatic heterocycles. The number of rotatable bonds is 6. The predicted octanol–water partition coefficient (Wildman–Crippen LogP) is 3.79. The van der Waals surface area contributed by atoms with Crippen LogP contribution in [-0.4, -0.2) is 18.1 Å². The molecular formula is C15H18BrN3S. The summed E-state index contributed by atoms with van der Waals surface area (Å²) < 4.78 is 1.04. The van der Waals surface area contributed by atoms with E-state index in [0.717, 1.165) is 23.4 Å². The second-order valence-corrected chi connectivity index (χ2v) is 7.17. The van der Waals surface area contributed by atoms with Crippen LogP contribution in [-0.2, 0) is 13.1 Å². The lowest BCUT2D eigenvalue weighted by Crippen LogP contribution is -2.22. The highest BCUT2D eigenvalue weighted by atomic mass is 79.9. The van der Waals surface area contributed by atoms with Gasteiger partial charge in [0.25, 0.3) is 0 Å². The summed E-state index contributed by atoms with van der Waals surface area (Å²) in [5.41, 5.74) is 1.25. The molecule has 0 atom stereocenters. The topological polar surface area (TPSA) is 28.2 Å². The molecule has 1 aliphatic rings. The average molecular weight is 352 g/mol. The fourth-order valence-electron chi connectivity index (χ4n) is 2.20. The lowest BCUT2D eigenvalue weighted by atomic mass is 10.2. The van der Waals surface area contributed by atoms with Crippen molar-refractivity contribution in [1.29, 1.82) is 0 Å². The van der Waals surface area contributed by atoms with Crippen molar-refractivity contribution in [3.05, 3.63) is 44.7 Å². The van der Waals surface area contributed by atoms with Crippen LogP contribution in [0, 0.1) is 0 Å². The third-order valence-electron chi connectivity index (χ3n) is 3.40. The molecule has 1 fully saturated rings. The van der Waals surface area contributed by atoms with Gasteiger partial charge in [0.2, 0.25) is 0 Å². The number of anilines is 1. The van der Waals surface area contributed by atoms with Crippen molar-refractivity contribution in [3.8, 4) is 0 Å². The summed E-state index contributed by atoms with van der Waals surface area (Å²) >= 11 is 5.31. The van der Waals surface area contributed by atoms with E-state index < -0.39 is 0 Å². The van der Waals surface area contributed by atoms with E-state index in [0.29, 0.717) is 6.04 Å². The molecule has 3 nitrogen and oxygen atoms in total. The molecule has 2 aromatic rings. The summed E-state index contributed by atoms with van der Waals surface area (Å²) in [6.45, 7) is 1.80. The third-order valence-corrected chi connectivity index (χ3v) is 4.70. The lowest BCUT2D eigenvalue weighted by Gasteiger charge is -2.21. The summed E-state index contributed by atoms with van der Waals surface area (Å²) in [5.74, 6) is 1.06. The van der Waals surface area contributed by atoms with Gasteiger partial charge in [0.15, 0.2) is 0 Å². The van der Waals surface area contributed by atoms with Crippen molar-refractivity contribution < 1.29 is 0 Å². The van der Waals surface area contributed by atoms with E-state index in [1.165, 1.54) is 23.3 Å². The molecule has 2 aromatic heterocycles. The van der Waals surface area contributed by atoms with Gasteiger partial charge in [-0.3, -0.25) is 0 Å². The van der Waals surface area contributed by atoms with Crippen molar-refractivity contribution in [3.63, 3.8) is 0 Å². The Labute approximate surface area is 132 Å². The van der Waals surface area contributed by atoms with E-state index in [2.05, 4.69) is 61.8 Å². The predicted molar refractivity (Wildman–Crippen MR) is 88.2 cm³/mol. The van der Waals surface area contributed by atoms with Gasteiger partial charge < -0.3 is 10.2 Å². The molecular weight excluding hydrogens is 334 g/mol. The maximum atomic E-state index is 4.60. The van der Waals surface area contributed by atoms with Gasteiger partial charge in [0.1, 0.15) is 5.82 Å². The minimum atomic E-state index is 0.712.